The monoisotopic (exact) mass is 324 g/mol. The number of benzene rings is 1. The summed E-state index contributed by atoms with van der Waals surface area (Å²) in [6.07, 6.45) is 6.42. The lowest BCUT2D eigenvalue weighted by atomic mass is 9.98. The van der Waals surface area contributed by atoms with Gasteiger partial charge in [0.05, 0.1) is 0 Å². The van der Waals surface area contributed by atoms with Gasteiger partial charge >= 0.3 is 0 Å². The summed E-state index contributed by atoms with van der Waals surface area (Å²) in [7, 11) is 0. The number of nitrogens with zero attached hydrogens (tertiary/aromatic N) is 2. The van der Waals surface area contributed by atoms with Gasteiger partial charge in [-0.25, -0.2) is 0 Å². The first-order valence-electron chi connectivity index (χ1n) is 8.39. The average Bonchev–Trinajstić information content (AvgIpc) is 3.31. The predicted molar refractivity (Wildman–Crippen MR) is 90.1 cm³/mol. The van der Waals surface area contributed by atoms with Crippen molar-refractivity contribution in [3.63, 3.8) is 0 Å². The van der Waals surface area contributed by atoms with E-state index in [-0.39, 0.29) is 11.9 Å². The normalized spacial score (nSPS) is 16.5. The lowest BCUT2D eigenvalue weighted by molar-refractivity contribution is -0.120. The molecule has 1 atom stereocenters. The van der Waals surface area contributed by atoms with Gasteiger partial charge in [0.15, 0.2) is 0 Å². The third kappa shape index (κ3) is 2.68. The molecule has 0 bridgehead atoms. The zero-order valence-electron chi connectivity index (χ0n) is 13.6. The molecule has 2 aromatic heterocycles. The van der Waals surface area contributed by atoms with E-state index in [1.54, 1.807) is 0 Å². The minimum absolute atomic E-state index is 0.0706. The molecule has 6 heteroatoms. The minimum atomic E-state index is -0.198. The van der Waals surface area contributed by atoms with Gasteiger partial charge in [-0.3, -0.25) is 4.79 Å². The summed E-state index contributed by atoms with van der Waals surface area (Å²) in [4.78, 5) is 19.4. The second-order valence-corrected chi connectivity index (χ2v) is 6.43. The van der Waals surface area contributed by atoms with Gasteiger partial charge in [-0.05, 0) is 24.8 Å². The maximum atomic E-state index is 11.6. The number of aromatic amines is 1. The van der Waals surface area contributed by atoms with Gasteiger partial charge in [-0.1, -0.05) is 36.2 Å². The topological polar surface area (TPSA) is 83.8 Å². The van der Waals surface area contributed by atoms with E-state index >= 15 is 0 Å². The predicted octanol–water partition coefficient (Wildman–Crippen LogP) is 3.59. The molecule has 1 amide bonds. The van der Waals surface area contributed by atoms with Gasteiger partial charge < -0.3 is 14.8 Å². The molecule has 1 fully saturated rings. The molecule has 0 aliphatic heterocycles. The molecule has 0 radical (unpaired) electrons. The Morgan fingerprint density at radius 1 is 1.33 bits per heavy atom. The lowest BCUT2D eigenvalue weighted by Gasteiger charge is -2.20. The Kier molecular flexibility index (Phi) is 3.80. The highest BCUT2D eigenvalue weighted by atomic mass is 16.5. The van der Waals surface area contributed by atoms with Gasteiger partial charge in [0.2, 0.25) is 17.6 Å². The highest BCUT2D eigenvalue weighted by Gasteiger charge is 2.31. The molecule has 0 spiro atoms. The molecule has 1 aromatic carbocycles. The molecule has 0 saturated heterocycles. The summed E-state index contributed by atoms with van der Waals surface area (Å²) in [6, 6.07) is 7.81. The Morgan fingerprint density at radius 2 is 2.12 bits per heavy atom. The van der Waals surface area contributed by atoms with Gasteiger partial charge in [-0.2, -0.15) is 4.98 Å². The highest BCUT2D eigenvalue weighted by Crippen LogP contribution is 2.36. The van der Waals surface area contributed by atoms with Crippen LogP contribution >= 0.6 is 0 Å². The van der Waals surface area contributed by atoms with Crippen LogP contribution in [0, 0.1) is 5.92 Å². The molecule has 24 heavy (non-hydrogen) atoms. The summed E-state index contributed by atoms with van der Waals surface area (Å²) in [6.45, 7) is 1.53. The molecular weight excluding hydrogens is 304 g/mol. The van der Waals surface area contributed by atoms with Gasteiger partial charge in [-0.15, -0.1) is 0 Å². The fourth-order valence-electron chi connectivity index (χ4n) is 3.62. The second-order valence-electron chi connectivity index (χ2n) is 6.43. The largest absolute Gasteiger partial charge is 0.360 e. The quantitative estimate of drug-likeness (QED) is 0.768. The average molecular weight is 324 g/mol. The van der Waals surface area contributed by atoms with E-state index in [1.807, 2.05) is 30.5 Å². The number of carbonyl (C=O) groups is 1. The van der Waals surface area contributed by atoms with Crippen LogP contribution in [0.3, 0.4) is 0 Å². The number of H-pyrrole nitrogens is 1. The molecule has 1 unspecified atom stereocenters. The van der Waals surface area contributed by atoms with Gasteiger partial charge in [0.1, 0.15) is 6.04 Å². The van der Waals surface area contributed by atoms with Crippen LogP contribution in [-0.4, -0.2) is 21.0 Å². The second kappa shape index (κ2) is 6.11. The summed E-state index contributed by atoms with van der Waals surface area (Å²) < 4.78 is 5.52. The number of rotatable bonds is 4. The van der Waals surface area contributed by atoms with Crippen molar-refractivity contribution in [2.45, 2.75) is 38.6 Å². The number of carbonyl (C=O) groups excluding carboxylic acids is 1. The van der Waals surface area contributed by atoms with E-state index in [4.69, 9.17) is 4.52 Å². The van der Waals surface area contributed by atoms with Crippen molar-refractivity contribution >= 4 is 16.8 Å². The van der Waals surface area contributed by atoms with E-state index in [1.165, 1.54) is 19.8 Å². The summed E-state index contributed by atoms with van der Waals surface area (Å²) in [5.74, 6) is 1.34. The van der Waals surface area contributed by atoms with Gasteiger partial charge in [0, 0.05) is 29.6 Å². The number of nitrogens with one attached hydrogen (secondary N) is 2. The Morgan fingerprint density at radius 3 is 2.92 bits per heavy atom. The molecule has 6 nitrogen and oxygen atoms in total. The SMILES string of the molecule is CC(=O)NC(c1nc(-c2c[nH]c3ccccc23)no1)C1CCCC1. The standard InChI is InChI=1S/C18H20N4O2/c1-11(23)20-16(12-6-2-3-7-12)18-21-17(22-24-18)14-10-19-15-9-5-4-8-13(14)15/h4-5,8-10,12,16,19H,2-3,6-7H2,1H3,(H,20,23). The van der Waals surface area contributed by atoms with Crippen molar-refractivity contribution in [2.75, 3.05) is 0 Å². The molecule has 1 aliphatic rings. The van der Waals surface area contributed by atoms with Crippen LogP contribution < -0.4 is 5.32 Å². The van der Waals surface area contributed by atoms with Gasteiger partial charge in [0.25, 0.3) is 0 Å². The zero-order valence-corrected chi connectivity index (χ0v) is 13.6. The van der Waals surface area contributed by atoms with Crippen LogP contribution in [0.5, 0.6) is 0 Å². The van der Waals surface area contributed by atoms with Crippen molar-refractivity contribution in [2.24, 2.45) is 5.92 Å². The molecule has 4 rings (SSSR count). The Labute approximate surface area is 139 Å². The summed E-state index contributed by atoms with van der Waals surface area (Å²) in [5.41, 5.74) is 1.95. The number of hydrogen-bond acceptors (Lipinski definition) is 4. The van der Waals surface area contributed by atoms with Crippen LogP contribution in [0.4, 0.5) is 0 Å². The molecule has 1 aliphatic carbocycles. The van der Waals surface area contributed by atoms with Crippen molar-refractivity contribution in [3.05, 3.63) is 36.4 Å². The summed E-state index contributed by atoms with van der Waals surface area (Å²) >= 11 is 0. The molecule has 2 N–H and O–H groups in total. The maximum absolute atomic E-state index is 11.6. The van der Waals surface area contributed by atoms with Crippen LogP contribution in [0.15, 0.2) is 35.0 Å². The minimum Gasteiger partial charge on any atom is -0.360 e. The number of amides is 1. The fourth-order valence-corrected chi connectivity index (χ4v) is 3.62. The first-order valence-corrected chi connectivity index (χ1v) is 8.39. The van der Waals surface area contributed by atoms with Crippen molar-refractivity contribution in [3.8, 4) is 11.4 Å². The first kappa shape index (κ1) is 14.9. The van der Waals surface area contributed by atoms with Crippen molar-refractivity contribution in [1.82, 2.24) is 20.4 Å². The Balaban J connectivity index is 1.68. The molecule has 3 aromatic rings. The van der Waals surface area contributed by atoms with Crippen molar-refractivity contribution in [1.29, 1.82) is 0 Å². The molecule has 124 valence electrons. The zero-order chi connectivity index (χ0) is 16.5. The summed E-state index contributed by atoms with van der Waals surface area (Å²) in [5, 5.41) is 8.20. The number of aromatic nitrogens is 3. The number of fused-ring (bicyclic) bond motifs is 1. The lowest BCUT2D eigenvalue weighted by Crippen LogP contribution is -2.31. The maximum Gasteiger partial charge on any atom is 0.249 e. The Hall–Kier alpha value is -2.63. The van der Waals surface area contributed by atoms with E-state index in [9.17, 15) is 4.79 Å². The highest BCUT2D eigenvalue weighted by molar-refractivity contribution is 5.93. The van der Waals surface area contributed by atoms with E-state index in [2.05, 4.69) is 20.4 Å². The third-order valence-corrected chi connectivity index (χ3v) is 4.77. The van der Waals surface area contributed by atoms with E-state index in [0.717, 1.165) is 29.3 Å². The third-order valence-electron chi connectivity index (χ3n) is 4.77. The van der Waals surface area contributed by atoms with E-state index < -0.39 is 0 Å². The number of para-hydroxylation sites is 1. The van der Waals surface area contributed by atoms with Crippen LogP contribution in [-0.2, 0) is 4.79 Å². The van der Waals surface area contributed by atoms with E-state index in [0.29, 0.717) is 17.6 Å². The fraction of sp³-hybridized carbons (Fsp3) is 0.389. The van der Waals surface area contributed by atoms with Crippen LogP contribution in [0.1, 0.15) is 44.5 Å². The molecule has 1 saturated carbocycles. The smallest absolute Gasteiger partial charge is 0.249 e. The molecular formula is C18H20N4O2. The van der Waals surface area contributed by atoms with Crippen LogP contribution in [0.25, 0.3) is 22.3 Å². The first-order chi connectivity index (χ1) is 11.7. The van der Waals surface area contributed by atoms with Crippen LogP contribution in [0.2, 0.25) is 0 Å². The molecule has 2 heterocycles. The Bertz CT molecular complexity index is 861. The number of hydrogen-bond donors (Lipinski definition) is 2. The van der Waals surface area contributed by atoms with Crippen molar-refractivity contribution < 1.29 is 9.32 Å².